The van der Waals surface area contributed by atoms with E-state index in [0.717, 1.165) is 41.1 Å². The van der Waals surface area contributed by atoms with Crippen LogP contribution in [0.1, 0.15) is 49.5 Å². The van der Waals surface area contributed by atoms with E-state index in [0.29, 0.717) is 17.6 Å². The summed E-state index contributed by atoms with van der Waals surface area (Å²) in [5.74, 6) is 7.53. The van der Waals surface area contributed by atoms with Crippen LogP contribution in [0.25, 0.3) is 5.57 Å². The van der Waals surface area contributed by atoms with Crippen molar-refractivity contribution in [2.45, 2.75) is 44.4 Å². The second-order valence-corrected chi connectivity index (χ2v) is 11.9. The van der Waals surface area contributed by atoms with Crippen molar-refractivity contribution in [2.24, 2.45) is 53.3 Å². The molecule has 1 spiro atoms. The first-order valence-electron chi connectivity index (χ1n) is 11.3. The fourth-order valence-corrected chi connectivity index (χ4v) is 11.7. The summed E-state index contributed by atoms with van der Waals surface area (Å²) in [6.07, 6.45) is 7.12. The van der Waals surface area contributed by atoms with Crippen molar-refractivity contribution in [3.05, 3.63) is 39.8 Å². The van der Waals surface area contributed by atoms with Crippen LogP contribution in [0.4, 0.5) is 0 Å². The van der Waals surface area contributed by atoms with Crippen LogP contribution < -0.4 is 0 Å². The number of ether oxygens (including phenoxy) is 1. The maximum atomic E-state index is 13.4. The van der Waals surface area contributed by atoms with Gasteiger partial charge < -0.3 is 4.74 Å². The summed E-state index contributed by atoms with van der Waals surface area (Å²) in [5.41, 5.74) is 3.83. The fraction of sp³-hybridized carbons (Fsp3) is 0.640. The highest BCUT2D eigenvalue weighted by atomic mass is 32.1. The molecule has 28 heavy (non-hydrogen) atoms. The Bertz CT molecular complexity index is 991. The number of rotatable bonds is 0. The van der Waals surface area contributed by atoms with E-state index in [9.17, 15) is 4.79 Å². The van der Waals surface area contributed by atoms with Gasteiger partial charge in [0.1, 0.15) is 5.76 Å². The zero-order valence-electron chi connectivity index (χ0n) is 16.3. The van der Waals surface area contributed by atoms with Crippen LogP contribution in [0.3, 0.4) is 0 Å². The molecule has 8 bridgehead atoms. The zero-order valence-corrected chi connectivity index (χ0v) is 17.1. The monoisotopic (exact) mass is 390 g/mol. The molecule has 1 aromatic rings. The number of thiophene rings is 1. The topological polar surface area (TPSA) is 26.3 Å². The summed E-state index contributed by atoms with van der Waals surface area (Å²) >= 11 is 1.94. The summed E-state index contributed by atoms with van der Waals surface area (Å²) in [6.45, 7) is 6.38. The molecule has 1 aliphatic heterocycles. The molecule has 10 atom stereocenters. The minimum Gasteiger partial charge on any atom is -0.426 e. The van der Waals surface area contributed by atoms with Crippen molar-refractivity contribution in [1.82, 2.24) is 0 Å². The third kappa shape index (κ3) is 1.36. The molecule has 9 aliphatic rings. The van der Waals surface area contributed by atoms with E-state index in [-0.39, 0.29) is 17.3 Å². The first-order valence-corrected chi connectivity index (χ1v) is 12.2. The van der Waals surface area contributed by atoms with Crippen LogP contribution in [0, 0.1) is 53.3 Å². The Kier molecular flexibility index (Phi) is 2.51. The zero-order chi connectivity index (χ0) is 18.5. The minimum absolute atomic E-state index is 0.00444. The second-order valence-electron chi connectivity index (χ2n) is 11.0. The third-order valence-electron chi connectivity index (χ3n) is 10.7. The van der Waals surface area contributed by atoms with Crippen molar-refractivity contribution in [1.29, 1.82) is 0 Å². The molecule has 144 valence electrons. The Morgan fingerprint density at radius 3 is 2.50 bits per heavy atom. The molecule has 8 fully saturated rings. The van der Waals surface area contributed by atoms with Gasteiger partial charge in [0.2, 0.25) is 0 Å². The first kappa shape index (κ1) is 15.5. The molecule has 0 amide bonds. The number of hydrogen-bond donors (Lipinski definition) is 0. The first-order chi connectivity index (χ1) is 13.6. The Balaban J connectivity index is 1.45. The van der Waals surface area contributed by atoms with Crippen molar-refractivity contribution < 1.29 is 9.53 Å². The lowest BCUT2D eigenvalue weighted by Gasteiger charge is -2.76. The minimum atomic E-state index is -0.0828. The Morgan fingerprint density at radius 1 is 1.07 bits per heavy atom. The molecule has 0 aromatic carbocycles. The van der Waals surface area contributed by atoms with Crippen molar-refractivity contribution in [2.75, 3.05) is 0 Å². The molecule has 3 heteroatoms. The molecular weight excluding hydrogens is 364 g/mol. The van der Waals surface area contributed by atoms with Crippen LogP contribution in [-0.2, 0) is 14.9 Å². The van der Waals surface area contributed by atoms with Crippen LogP contribution in [-0.4, -0.2) is 5.97 Å². The number of carbonyl (C=O) groups is 1. The maximum Gasteiger partial charge on any atom is 0.319 e. The van der Waals surface area contributed by atoms with Crippen LogP contribution in [0.2, 0.25) is 0 Å². The maximum absolute atomic E-state index is 13.4. The summed E-state index contributed by atoms with van der Waals surface area (Å²) < 4.78 is 5.78. The summed E-state index contributed by atoms with van der Waals surface area (Å²) in [4.78, 5) is 14.9. The SMILES string of the molecule is C=C1OC(=O)[C@H]2C1=C(C)c1ccsc1[C@]21C2C[C@@H]3C4CC5CC(C41)[C@H](C2)C3C5. The highest BCUT2D eigenvalue weighted by molar-refractivity contribution is 7.10. The molecule has 2 nitrogen and oxygen atoms in total. The Morgan fingerprint density at radius 2 is 1.75 bits per heavy atom. The lowest BCUT2D eigenvalue weighted by molar-refractivity contribution is -0.248. The van der Waals surface area contributed by atoms with Gasteiger partial charge in [0.05, 0.1) is 5.92 Å². The van der Waals surface area contributed by atoms with E-state index < -0.39 is 0 Å². The predicted molar refractivity (Wildman–Crippen MR) is 108 cm³/mol. The van der Waals surface area contributed by atoms with E-state index >= 15 is 0 Å². The smallest absolute Gasteiger partial charge is 0.319 e. The third-order valence-corrected chi connectivity index (χ3v) is 11.8. The van der Waals surface area contributed by atoms with Gasteiger partial charge in [-0.05, 0) is 109 Å². The molecule has 0 N–H and O–H groups in total. The number of cyclic esters (lactones) is 1. The van der Waals surface area contributed by atoms with E-state index in [1.807, 2.05) is 11.3 Å². The number of carbonyl (C=O) groups excluding carboxylic acids is 1. The molecular formula is C25H26O2S. The van der Waals surface area contributed by atoms with Gasteiger partial charge in [-0.25, -0.2) is 0 Å². The second kappa shape index (κ2) is 4.53. The average molecular weight is 391 g/mol. The highest BCUT2D eigenvalue weighted by Crippen LogP contribution is 2.79. The van der Waals surface area contributed by atoms with Gasteiger partial charge in [-0.3, -0.25) is 4.79 Å². The molecule has 10 rings (SSSR count). The lowest BCUT2D eigenvalue weighted by Crippen LogP contribution is -2.72. The summed E-state index contributed by atoms with van der Waals surface area (Å²) in [6, 6.07) is 2.31. The van der Waals surface area contributed by atoms with Gasteiger partial charge >= 0.3 is 5.97 Å². The molecule has 1 aromatic heterocycles. The van der Waals surface area contributed by atoms with Crippen molar-refractivity contribution >= 4 is 22.9 Å². The van der Waals surface area contributed by atoms with Gasteiger partial charge in [0.25, 0.3) is 0 Å². The van der Waals surface area contributed by atoms with Gasteiger partial charge in [0.15, 0.2) is 0 Å². The van der Waals surface area contributed by atoms with Gasteiger partial charge in [0, 0.05) is 15.9 Å². The molecule has 6 unspecified atom stereocenters. The molecule has 8 aliphatic carbocycles. The van der Waals surface area contributed by atoms with E-state index in [4.69, 9.17) is 4.74 Å². The molecule has 0 radical (unpaired) electrons. The highest BCUT2D eigenvalue weighted by Gasteiger charge is 2.76. The predicted octanol–water partition coefficient (Wildman–Crippen LogP) is 5.41. The van der Waals surface area contributed by atoms with Crippen molar-refractivity contribution in [3.63, 3.8) is 0 Å². The largest absolute Gasteiger partial charge is 0.426 e. The van der Waals surface area contributed by atoms with E-state index in [1.165, 1.54) is 43.2 Å². The number of allylic oxidation sites excluding steroid dienone is 2. The fourth-order valence-electron chi connectivity index (χ4n) is 10.4. The van der Waals surface area contributed by atoms with Gasteiger partial charge in [-0.15, -0.1) is 11.3 Å². The molecule has 7 saturated carbocycles. The van der Waals surface area contributed by atoms with Crippen LogP contribution >= 0.6 is 11.3 Å². The number of hydrogen-bond acceptors (Lipinski definition) is 3. The van der Waals surface area contributed by atoms with Crippen LogP contribution in [0.15, 0.2) is 29.4 Å². The normalized spacial score (nSPS) is 54.0. The van der Waals surface area contributed by atoms with Gasteiger partial charge in [-0.1, -0.05) is 6.58 Å². The summed E-state index contributed by atoms with van der Waals surface area (Å²) in [7, 11) is 0. The van der Waals surface area contributed by atoms with Gasteiger partial charge in [-0.2, -0.15) is 0 Å². The standard InChI is InChI=1S/C25H26O2S/c1-10-14-3-4-28-23(14)25(22-20(10)11(2)27-24(22)26)13-8-16-15-5-12-6-18(16)21(25)19(7-12)17(15)9-13/h3-4,12-13,15-19,21-22H,2,5-9H2,1H3/t12?,13?,15?,16-,17+,18?,19?,21?,22-,25+/m1/s1. The number of esters is 1. The van der Waals surface area contributed by atoms with Crippen molar-refractivity contribution in [3.8, 4) is 0 Å². The Hall–Kier alpha value is -1.35. The van der Waals surface area contributed by atoms with E-state index in [2.05, 4.69) is 24.9 Å². The van der Waals surface area contributed by atoms with Crippen LogP contribution in [0.5, 0.6) is 0 Å². The number of fused-ring (bicyclic) bond motifs is 2. The average Bonchev–Trinajstić information content (AvgIpc) is 3.29. The molecule has 2 heterocycles. The quantitative estimate of drug-likeness (QED) is 0.554. The molecule has 1 saturated heterocycles. The van der Waals surface area contributed by atoms with E-state index in [1.54, 1.807) is 4.88 Å². The summed E-state index contributed by atoms with van der Waals surface area (Å²) in [5, 5.41) is 2.28. The Labute approximate surface area is 170 Å². The lowest BCUT2D eigenvalue weighted by atomic mass is 9.28.